The maximum atomic E-state index is 14.0. The molecule has 3 rings (SSSR count). The quantitative estimate of drug-likeness (QED) is 0.760. The fraction of sp³-hybridized carbons (Fsp3) is 0.167. The number of anilines is 1. The van der Waals surface area contributed by atoms with E-state index in [-0.39, 0.29) is 11.4 Å². The van der Waals surface area contributed by atoms with Gasteiger partial charge in [0.15, 0.2) is 17.2 Å². The van der Waals surface area contributed by atoms with Crippen molar-refractivity contribution in [1.82, 2.24) is 15.0 Å². The van der Waals surface area contributed by atoms with Crippen molar-refractivity contribution in [3.63, 3.8) is 0 Å². The molecule has 1 amide bonds. The fourth-order valence-electron chi connectivity index (χ4n) is 2.50. The first-order chi connectivity index (χ1) is 12.5. The Morgan fingerprint density at radius 3 is 2.54 bits per heavy atom. The van der Waals surface area contributed by atoms with Gasteiger partial charge in [0.1, 0.15) is 11.5 Å². The maximum absolute atomic E-state index is 14.0. The molecule has 7 nitrogen and oxygen atoms in total. The highest BCUT2D eigenvalue weighted by Crippen LogP contribution is 2.30. The second-order valence-electron chi connectivity index (χ2n) is 5.41. The van der Waals surface area contributed by atoms with Gasteiger partial charge in [0.2, 0.25) is 0 Å². The predicted molar refractivity (Wildman–Crippen MR) is 93.6 cm³/mol. The number of nitrogens with one attached hydrogen (secondary N) is 1. The zero-order valence-electron chi connectivity index (χ0n) is 14.5. The topological polar surface area (TPSA) is 78.3 Å². The van der Waals surface area contributed by atoms with Gasteiger partial charge in [-0.05, 0) is 31.2 Å². The van der Waals surface area contributed by atoms with E-state index in [4.69, 9.17) is 9.47 Å². The lowest BCUT2D eigenvalue weighted by Gasteiger charge is -2.10. The number of rotatable bonds is 5. The number of hydrogen-bond acceptors (Lipinski definition) is 5. The van der Waals surface area contributed by atoms with Gasteiger partial charge in [-0.25, -0.2) is 9.07 Å². The minimum Gasteiger partial charge on any atom is -0.493 e. The molecular formula is C18H17FN4O3. The van der Waals surface area contributed by atoms with Gasteiger partial charge in [0, 0.05) is 11.8 Å². The number of para-hydroxylation sites is 1. The van der Waals surface area contributed by atoms with Gasteiger partial charge in [-0.1, -0.05) is 17.3 Å². The van der Waals surface area contributed by atoms with Crippen LogP contribution >= 0.6 is 0 Å². The van der Waals surface area contributed by atoms with Crippen LogP contribution in [0.5, 0.6) is 11.5 Å². The Morgan fingerprint density at radius 1 is 1.12 bits per heavy atom. The molecule has 1 heterocycles. The minimum atomic E-state index is -0.461. The summed E-state index contributed by atoms with van der Waals surface area (Å²) in [5, 5.41) is 10.5. The molecule has 134 valence electrons. The number of aromatic nitrogens is 3. The Kier molecular flexibility index (Phi) is 4.83. The van der Waals surface area contributed by atoms with Crippen LogP contribution in [0.2, 0.25) is 0 Å². The van der Waals surface area contributed by atoms with Crippen molar-refractivity contribution in [2.75, 3.05) is 19.5 Å². The summed E-state index contributed by atoms with van der Waals surface area (Å²) >= 11 is 0. The van der Waals surface area contributed by atoms with E-state index in [2.05, 4.69) is 15.6 Å². The normalized spacial score (nSPS) is 10.5. The summed E-state index contributed by atoms with van der Waals surface area (Å²) in [4.78, 5) is 12.5. The van der Waals surface area contributed by atoms with Crippen LogP contribution in [0.4, 0.5) is 10.1 Å². The molecule has 0 atom stereocenters. The van der Waals surface area contributed by atoms with Crippen LogP contribution in [0, 0.1) is 12.7 Å². The van der Waals surface area contributed by atoms with Crippen molar-refractivity contribution in [3.8, 4) is 17.2 Å². The van der Waals surface area contributed by atoms with Gasteiger partial charge in [-0.3, -0.25) is 4.79 Å². The van der Waals surface area contributed by atoms with Crippen molar-refractivity contribution in [1.29, 1.82) is 0 Å². The number of amides is 1. The average molecular weight is 356 g/mol. The zero-order chi connectivity index (χ0) is 18.7. The summed E-state index contributed by atoms with van der Waals surface area (Å²) in [7, 11) is 3.04. The minimum absolute atomic E-state index is 0.100. The molecule has 0 saturated carbocycles. The number of nitrogens with zero attached hydrogens (tertiary/aromatic N) is 3. The summed E-state index contributed by atoms with van der Waals surface area (Å²) in [6.45, 7) is 1.65. The Hall–Kier alpha value is -3.42. The molecule has 1 N–H and O–H groups in total. The third-order valence-electron chi connectivity index (χ3n) is 3.83. The number of hydrogen-bond donors (Lipinski definition) is 1. The number of benzene rings is 2. The molecular weight excluding hydrogens is 339 g/mol. The second-order valence-corrected chi connectivity index (χ2v) is 5.41. The van der Waals surface area contributed by atoms with E-state index in [0.29, 0.717) is 22.9 Å². The summed E-state index contributed by atoms with van der Waals surface area (Å²) in [5.41, 5.74) is 1.26. The fourth-order valence-corrected chi connectivity index (χ4v) is 2.50. The third kappa shape index (κ3) is 3.21. The van der Waals surface area contributed by atoms with E-state index in [1.165, 1.54) is 25.0 Å². The van der Waals surface area contributed by atoms with Crippen molar-refractivity contribution < 1.29 is 18.7 Å². The highest BCUT2D eigenvalue weighted by Gasteiger charge is 2.19. The Balaban J connectivity index is 1.87. The monoisotopic (exact) mass is 356 g/mol. The molecule has 0 unspecified atom stereocenters. The van der Waals surface area contributed by atoms with E-state index in [0.717, 1.165) is 0 Å². The van der Waals surface area contributed by atoms with E-state index < -0.39 is 11.7 Å². The van der Waals surface area contributed by atoms with Crippen molar-refractivity contribution in [3.05, 3.63) is 59.7 Å². The molecule has 0 aliphatic rings. The van der Waals surface area contributed by atoms with Crippen molar-refractivity contribution in [2.24, 2.45) is 0 Å². The smallest absolute Gasteiger partial charge is 0.278 e. The van der Waals surface area contributed by atoms with E-state index in [1.807, 2.05) is 0 Å². The second kappa shape index (κ2) is 7.22. The highest BCUT2D eigenvalue weighted by molar-refractivity contribution is 6.03. The molecule has 0 fully saturated rings. The van der Waals surface area contributed by atoms with Gasteiger partial charge in [0.05, 0.1) is 19.9 Å². The van der Waals surface area contributed by atoms with Gasteiger partial charge in [0.25, 0.3) is 5.91 Å². The highest BCUT2D eigenvalue weighted by atomic mass is 19.1. The molecule has 0 saturated heterocycles. The standard InChI is InChI=1S/C18H17FN4O3/c1-11-17(21-22-23(11)14-7-5-4-6-13(14)19)18(24)20-12-8-9-15(25-2)16(10-12)26-3/h4-10H,1-3H3,(H,20,24). The summed E-state index contributed by atoms with van der Waals surface area (Å²) in [6, 6.07) is 11.1. The van der Waals surface area contributed by atoms with Gasteiger partial charge >= 0.3 is 0 Å². The summed E-state index contributed by atoms with van der Waals surface area (Å²) in [6.07, 6.45) is 0. The van der Waals surface area contributed by atoms with Crippen molar-refractivity contribution >= 4 is 11.6 Å². The van der Waals surface area contributed by atoms with Crippen molar-refractivity contribution in [2.45, 2.75) is 6.92 Å². The maximum Gasteiger partial charge on any atom is 0.278 e. The first kappa shape index (κ1) is 17.4. The predicted octanol–water partition coefficient (Wildman–Crippen LogP) is 2.98. The molecule has 3 aromatic rings. The Labute approximate surface area is 149 Å². The van der Waals surface area contributed by atoms with Crippen LogP contribution in [0.15, 0.2) is 42.5 Å². The molecule has 0 aliphatic heterocycles. The number of halogens is 1. The lowest BCUT2D eigenvalue weighted by atomic mass is 10.2. The Bertz CT molecular complexity index is 955. The summed E-state index contributed by atoms with van der Waals surface area (Å²) < 4.78 is 25.6. The first-order valence-corrected chi connectivity index (χ1v) is 7.75. The van der Waals surface area contributed by atoms with Crippen LogP contribution in [0.1, 0.15) is 16.2 Å². The SMILES string of the molecule is COc1ccc(NC(=O)c2nnn(-c3ccccc3F)c2C)cc1OC. The molecule has 2 aromatic carbocycles. The lowest BCUT2D eigenvalue weighted by Crippen LogP contribution is -2.14. The van der Waals surface area contributed by atoms with Crippen LogP contribution < -0.4 is 14.8 Å². The number of methoxy groups -OCH3 is 2. The number of carbonyl (C=O) groups is 1. The molecule has 8 heteroatoms. The third-order valence-corrected chi connectivity index (χ3v) is 3.83. The van der Waals surface area contributed by atoms with E-state index >= 15 is 0 Å². The first-order valence-electron chi connectivity index (χ1n) is 7.75. The van der Waals surface area contributed by atoms with Gasteiger partial charge in [-0.15, -0.1) is 5.10 Å². The largest absolute Gasteiger partial charge is 0.493 e. The summed E-state index contributed by atoms with van der Waals surface area (Å²) in [5.74, 6) is 0.119. The number of ether oxygens (including phenoxy) is 2. The molecule has 1 aromatic heterocycles. The molecule has 0 radical (unpaired) electrons. The molecule has 0 bridgehead atoms. The van der Waals surface area contributed by atoms with Crippen LogP contribution in [-0.4, -0.2) is 35.1 Å². The van der Waals surface area contributed by atoms with Crippen LogP contribution in [0.25, 0.3) is 5.69 Å². The molecule has 26 heavy (non-hydrogen) atoms. The van der Waals surface area contributed by atoms with E-state index in [1.54, 1.807) is 43.3 Å². The van der Waals surface area contributed by atoms with Gasteiger partial charge < -0.3 is 14.8 Å². The van der Waals surface area contributed by atoms with E-state index in [9.17, 15) is 9.18 Å². The van der Waals surface area contributed by atoms with Gasteiger partial charge in [-0.2, -0.15) is 0 Å². The zero-order valence-corrected chi connectivity index (χ0v) is 14.5. The number of carbonyl (C=O) groups excluding carboxylic acids is 1. The average Bonchev–Trinajstić information content (AvgIpc) is 3.03. The van der Waals surface area contributed by atoms with Crippen LogP contribution in [-0.2, 0) is 0 Å². The Morgan fingerprint density at radius 2 is 1.85 bits per heavy atom. The lowest BCUT2D eigenvalue weighted by molar-refractivity contribution is 0.102. The molecule has 0 aliphatic carbocycles. The van der Waals surface area contributed by atoms with Crippen LogP contribution in [0.3, 0.4) is 0 Å². The molecule has 0 spiro atoms.